The van der Waals surface area contributed by atoms with Crippen LogP contribution in [0.3, 0.4) is 0 Å². The van der Waals surface area contributed by atoms with Crippen LogP contribution in [0.25, 0.3) is 0 Å². The number of carbonyl (C=O) groups is 1. The van der Waals surface area contributed by atoms with E-state index in [2.05, 4.69) is 10.6 Å². The van der Waals surface area contributed by atoms with Crippen molar-refractivity contribution in [1.82, 2.24) is 10.6 Å². The fourth-order valence-corrected chi connectivity index (χ4v) is 1.93. The van der Waals surface area contributed by atoms with Gasteiger partial charge in [-0.1, -0.05) is 11.6 Å². The lowest BCUT2D eigenvalue weighted by atomic mass is 10.3. The standard InChI is InChI=1S/C9H13ClN2OS/c1-11-4-2-5-12-9(13)7-3-6-14-8(7)10/h3,6,11H,2,4-5H2,1H3,(H,12,13). The Bertz CT molecular complexity index is 301. The van der Waals surface area contributed by atoms with Crippen LogP contribution >= 0.6 is 22.9 Å². The van der Waals surface area contributed by atoms with Gasteiger partial charge >= 0.3 is 0 Å². The highest BCUT2D eigenvalue weighted by Gasteiger charge is 2.09. The second kappa shape index (κ2) is 6.01. The summed E-state index contributed by atoms with van der Waals surface area (Å²) in [5.74, 6) is -0.0904. The average molecular weight is 233 g/mol. The smallest absolute Gasteiger partial charge is 0.253 e. The predicted octanol–water partition coefficient (Wildman–Crippen LogP) is 1.74. The Balaban J connectivity index is 2.32. The number of nitrogens with one attached hydrogen (secondary N) is 2. The van der Waals surface area contributed by atoms with Gasteiger partial charge in [0, 0.05) is 6.54 Å². The Morgan fingerprint density at radius 1 is 1.57 bits per heavy atom. The highest BCUT2D eigenvalue weighted by atomic mass is 35.5. The average Bonchev–Trinajstić information content (AvgIpc) is 2.59. The molecule has 5 heteroatoms. The van der Waals surface area contributed by atoms with Gasteiger partial charge in [-0.15, -0.1) is 11.3 Å². The lowest BCUT2D eigenvalue weighted by Crippen LogP contribution is -2.26. The van der Waals surface area contributed by atoms with Crippen molar-refractivity contribution in [1.29, 1.82) is 0 Å². The molecule has 0 fully saturated rings. The molecule has 1 amide bonds. The molecular formula is C9H13ClN2OS. The van der Waals surface area contributed by atoms with Crippen LogP contribution in [-0.4, -0.2) is 26.0 Å². The molecule has 1 aromatic heterocycles. The Morgan fingerprint density at radius 2 is 2.36 bits per heavy atom. The maximum Gasteiger partial charge on any atom is 0.253 e. The van der Waals surface area contributed by atoms with Gasteiger partial charge in [-0.05, 0) is 31.5 Å². The van der Waals surface area contributed by atoms with Gasteiger partial charge in [0.2, 0.25) is 0 Å². The predicted molar refractivity (Wildman–Crippen MR) is 60.2 cm³/mol. The molecule has 1 heterocycles. The third-order valence-electron chi connectivity index (χ3n) is 1.75. The number of hydrogen-bond donors (Lipinski definition) is 2. The SMILES string of the molecule is CNCCCNC(=O)c1ccsc1Cl. The molecule has 0 aliphatic rings. The van der Waals surface area contributed by atoms with Crippen LogP contribution in [0.15, 0.2) is 11.4 Å². The van der Waals surface area contributed by atoms with Crippen molar-refractivity contribution in [3.05, 3.63) is 21.3 Å². The number of thiophene rings is 1. The highest BCUT2D eigenvalue weighted by molar-refractivity contribution is 7.14. The molecule has 2 N–H and O–H groups in total. The first kappa shape index (κ1) is 11.5. The van der Waals surface area contributed by atoms with Crippen molar-refractivity contribution < 1.29 is 4.79 Å². The summed E-state index contributed by atoms with van der Waals surface area (Å²) >= 11 is 7.19. The summed E-state index contributed by atoms with van der Waals surface area (Å²) in [7, 11) is 1.89. The topological polar surface area (TPSA) is 41.1 Å². The molecule has 0 bridgehead atoms. The van der Waals surface area contributed by atoms with Crippen LogP contribution in [0.5, 0.6) is 0 Å². The van der Waals surface area contributed by atoms with Crippen molar-refractivity contribution in [3.8, 4) is 0 Å². The zero-order valence-corrected chi connectivity index (χ0v) is 9.54. The van der Waals surface area contributed by atoms with Gasteiger partial charge in [-0.25, -0.2) is 0 Å². The highest BCUT2D eigenvalue weighted by Crippen LogP contribution is 2.22. The summed E-state index contributed by atoms with van der Waals surface area (Å²) < 4.78 is 0.552. The first-order valence-corrected chi connectivity index (χ1v) is 5.67. The van der Waals surface area contributed by atoms with E-state index in [1.807, 2.05) is 12.4 Å². The molecule has 0 unspecified atom stereocenters. The molecule has 0 radical (unpaired) electrons. The van der Waals surface area contributed by atoms with E-state index in [0.29, 0.717) is 16.4 Å². The Hall–Kier alpha value is -0.580. The number of amides is 1. The third-order valence-corrected chi connectivity index (χ3v) is 2.92. The maximum atomic E-state index is 11.5. The zero-order valence-electron chi connectivity index (χ0n) is 7.97. The minimum absolute atomic E-state index is 0.0904. The van der Waals surface area contributed by atoms with E-state index >= 15 is 0 Å². The van der Waals surface area contributed by atoms with Crippen LogP contribution in [0.1, 0.15) is 16.8 Å². The molecule has 0 saturated heterocycles. The van der Waals surface area contributed by atoms with Crippen LogP contribution in [-0.2, 0) is 0 Å². The third kappa shape index (κ3) is 3.29. The number of carbonyl (C=O) groups excluding carboxylic acids is 1. The quantitative estimate of drug-likeness (QED) is 0.760. The van der Waals surface area contributed by atoms with E-state index in [0.717, 1.165) is 13.0 Å². The van der Waals surface area contributed by atoms with Crippen molar-refractivity contribution in [2.45, 2.75) is 6.42 Å². The Kier molecular flexibility index (Phi) is 4.93. The minimum atomic E-state index is -0.0904. The van der Waals surface area contributed by atoms with E-state index in [1.54, 1.807) is 6.07 Å². The lowest BCUT2D eigenvalue weighted by molar-refractivity contribution is 0.0954. The van der Waals surface area contributed by atoms with Crippen molar-refractivity contribution in [2.24, 2.45) is 0 Å². The van der Waals surface area contributed by atoms with Crippen LogP contribution in [0.4, 0.5) is 0 Å². The van der Waals surface area contributed by atoms with E-state index < -0.39 is 0 Å². The first-order valence-electron chi connectivity index (χ1n) is 4.41. The molecule has 0 aromatic carbocycles. The fraction of sp³-hybridized carbons (Fsp3) is 0.444. The molecule has 0 aliphatic carbocycles. The van der Waals surface area contributed by atoms with Crippen LogP contribution < -0.4 is 10.6 Å². The van der Waals surface area contributed by atoms with Crippen molar-refractivity contribution in [2.75, 3.05) is 20.1 Å². The van der Waals surface area contributed by atoms with Gasteiger partial charge in [0.15, 0.2) is 0 Å². The summed E-state index contributed by atoms with van der Waals surface area (Å²) in [5.41, 5.74) is 0.570. The molecule has 1 rings (SSSR count). The van der Waals surface area contributed by atoms with Gasteiger partial charge in [-0.3, -0.25) is 4.79 Å². The Labute approximate surface area is 92.5 Å². The van der Waals surface area contributed by atoms with Crippen molar-refractivity contribution in [3.63, 3.8) is 0 Å². The van der Waals surface area contributed by atoms with Crippen LogP contribution in [0.2, 0.25) is 4.34 Å². The van der Waals surface area contributed by atoms with E-state index in [-0.39, 0.29) is 5.91 Å². The summed E-state index contributed by atoms with van der Waals surface area (Å²) in [6.45, 7) is 1.57. The molecule has 0 aliphatic heterocycles. The summed E-state index contributed by atoms with van der Waals surface area (Å²) in [5, 5.41) is 7.63. The maximum absolute atomic E-state index is 11.5. The molecule has 3 nitrogen and oxygen atoms in total. The van der Waals surface area contributed by atoms with Crippen LogP contribution in [0, 0.1) is 0 Å². The first-order chi connectivity index (χ1) is 6.75. The second-order valence-electron chi connectivity index (χ2n) is 2.82. The molecular weight excluding hydrogens is 220 g/mol. The summed E-state index contributed by atoms with van der Waals surface area (Å²) in [6, 6.07) is 1.74. The van der Waals surface area contributed by atoms with E-state index in [1.165, 1.54) is 11.3 Å². The van der Waals surface area contributed by atoms with Gasteiger partial charge in [-0.2, -0.15) is 0 Å². The monoisotopic (exact) mass is 232 g/mol. The second-order valence-corrected chi connectivity index (χ2v) is 4.34. The number of hydrogen-bond acceptors (Lipinski definition) is 3. The minimum Gasteiger partial charge on any atom is -0.352 e. The summed E-state index contributed by atoms with van der Waals surface area (Å²) in [4.78, 5) is 11.5. The molecule has 14 heavy (non-hydrogen) atoms. The Morgan fingerprint density at radius 3 is 2.93 bits per heavy atom. The molecule has 0 saturated carbocycles. The molecule has 0 spiro atoms. The fourth-order valence-electron chi connectivity index (χ4n) is 1.02. The molecule has 1 aromatic rings. The number of halogens is 1. The molecule has 0 atom stereocenters. The van der Waals surface area contributed by atoms with Gasteiger partial charge in [0.1, 0.15) is 4.34 Å². The zero-order chi connectivity index (χ0) is 10.4. The summed E-state index contributed by atoms with van der Waals surface area (Å²) in [6.07, 6.45) is 0.921. The van der Waals surface area contributed by atoms with Gasteiger partial charge < -0.3 is 10.6 Å². The van der Waals surface area contributed by atoms with E-state index in [9.17, 15) is 4.79 Å². The van der Waals surface area contributed by atoms with Gasteiger partial charge in [0.05, 0.1) is 5.56 Å². The van der Waals surface area contributed by atoms with Gasteiger partial charge in [0.25, 0.3) is 5.91 Å². The largest absolute Gasteiger partial charge is 0.352 e. The number of rotatable bonds is 5. The van der Waals surface area contributed by atoms with Crippen molar-refractivity contribution >= 4 is 28.8 Å². The normalized spacial score (nSPS) is 10.1. The molecule has 78 valence electrons. The lowest BCUT2D eigenvalue weighted by Gasteiger charge is -2.03. The van der Waals surface area contributed by atoms with E-state index in [4.69, 9.17) is 11.6 Å².